The highest BCUT2D eigenvalue weighted by Crippen LogP contribution is 2.12. The van der Waals surface area contributed by atoms with Gasteiger partial charge in [-0.15, -0.1) is 0 Å². The van der Waals surface area contributed by atoms with E-state index in [1.807, 2.05) is 6.20 Å². The molecule has 1 N–H and O–H groups in total. The summed E-state index contributed by atoms with van der Waals surface area (Å²) < 4.78 is 7.02. The van der Waals surface area contributed by atoms with Gasteiger partial charge in [-0.1, -0.05) is 13.3 Å². The highest BCUT2D eigenvalue weighted by atomic mass is 16.5. The zero-order valence-corrected chi connectivity index (χ0v) is 10.6. The summed E-state index contributed by atoms with van der Waals surface area (Å²) in [5.74, 6) is 0. The molecule has 1 unspecified atom stereocenters. The smallest absolute Gasteiger partial charge is 0.0587 e. The summed E-state index contributed by atoms with van der Waals surface area (Å²) in [6.45, 7) is 6.90. The van der Waals surface area contributed by atoms with Gasteiger partial charge in [0.1, 0.15) is 0 Å². The van der Waals surface area contributed by atoms with Gasteiger partial charge in [0, 0.05) is 38.0 Å². The van der Waals surface area contributed by atoms with Gasteiger partial charge in [-0.3, -0.25) is 4.68 Å². The molecule has 0 aromatic carbocycles. The van der Waals surface area contributed by atoms with Crippen LogP contribution in [-0.4, -0.2) is 30.0 Å². The SMILES string of the molecule is CCCC(C)n1cc(CNCCOC)cn1. The van der Waals surface area contributed by atoms with Crippen molar-refractivity contribution in [3.63, 3.8) is 0 Å². The minimum atomic E-state index is 0.498. The average Bonchev–Trinajstić information content (AvgIpc) is 2.73. The predicted molar refractivity (Wildman–Crippen MR) is 65.4 cm³/mol. The van der Waals surface area contributed by atoms with Crippen LogP contribution in [0.25, 0.3) is 0 Å². The Morgan fingerprint density at radius 3 is 3.06 bits per heavy atom. The molecule has 0 fully saturated rings. The lowest BCUT2D eigenvalue weighted by Gasteiger charge is -2.09. The van der Waals surface area contributed by atoms with Gasteiger partial charge >= 0.3 is 0 Å². The third-order valence-electron chi connectivity index (χ3n) is 2.63. The molecule has 0 bridgehead atoms. The molecular formula is C12H23N3O. The number of methoxy groups -OCH3 is 1. The molecule has 0 saturated carbocycles. The fourth-order valence-electron chi connectivity index (χ4n) is 1.67. The van der Waals surface area contributed by atoms with E-state index in [1.165, 1.54) is 18.4 Å². The summed E-state index contributed by atoms with van der Waals surface area (Å²) >= 11 is 0. The molecule has 92 valence electrons. The lowest BCUT2D eigenvalue weighted by molar-refractivity contribution is 0.199. The van der Waals surface area contributed by atoms with Crippen molar-refractivity contribution in [2.24, 2.45) is 0 Å². The van der Waals surface area contributed by atoms with Crippen molar-refractivity contribution in [3.8, 4) is 0 Å². The first-order chi connectivity index (χ1) is 7.77. The average molecular weight is 225 g/mol. The van der Waals surface area contributed by atoms with E-state index in [9.17, 15) is 0 Å². The van der Waals surface area contributed by atoms with E-state index < -0.39 is 0 Å². The number of hydrogen-bond acceptors (Lipinski definition) is 3. The van der Waals surface area contributed by atoms with Crippen LogP contribution in [0.1, 0.15) is 38.3 Å². The van der Waals surface area contributed by atoms with Crippen LogP contribution in [0.2, 0.25) is 0 Å². The largest absolute Gasteiger partial charge is 0.383 e. The van der Waals surface area contributed by atoms with Crippen LogP contribution in [0.4, 0.5) is 0 Å². The van der Waals surface area contributed by atoms with E-state index in [0.717, 1.165) is 19.7 Å². The molecule has 0 aliphatic carbocycles. The Morgan fingerprint density at radius 2 is 2.38 bits per heavy atom. The van der Waals surface area contributed by atoms with Gasteiger partial charge in [0.15, 0.2) is 0 Å². The van der Waals surface area contributed by atoms with Gasteiger partial charge in [0.05, 0.1) is 12.8 Å². The summed E-state index contributed by atoms with van der Waals surface area (Å²) in [6.07, 6.45) is 6.44. The van der Waals surface area contributed by atoms with Crippen molar-refractivity contribution in [2.45, 2.75) is 39.3 Å². The van der Waals surface area contributed by atoms with Crippen molar-refractivity contribution in [2.75, 3.05) is 20.3 Å². The molecule has 1 aromatic rings. The zero-order valence-electron chi connectivity index (χ0n) is 10.6. The normalized spacial score (nSPS) is 12.9. The van der Waals surface area contributed by atoms with Crippen LogP contribution in [0, 0.1) is 0 Å². The minimum Gasteiger partial charge on any atom is -0.383 e. The fraction of sp³-hybridized carbons (Fsp3) is 0.750. The number of nitrogens with zero attached hydrogens (tertiary/aromatic N) is 2. The van der Waals surface area contributed by atoms with E-state index in [0.29, 0.717) is 6.04 Å². The van der Waals surface area contributed by atoms with Crippen molar-refractivity contribution >= 4 is 0 Å². The Hall–Kier alpha value is -0.870. The Balaban J connectivity index is 2.33. The second-order valence-corrected chi connectivity index (χ2v) is 4.14. The first-order valence-electron chi connectivity index (χ1n) is 6.00. The summed E-state index contributed by atoms with van der Waals surface area (Å²) in [6, 6.07) is 0.498. The van der Waals surface area contributed by atoms with Crippen LogP contribution >= 0.6 is 0 Å². The van der Waals surface area contributed by atoms with Crippen LogP contribution in [0.3, 0.4) is 0 Å². The number of hydrogen-bond donors (Lipinski definition) is 1. The summed E-state index contributed by atoms with van der Waals surface area (Å²) in [4.78, 5) is 0. The lowest BCUT2D eigenvalue weighted by Crippen LogP contribution is -2.18. The van der Waals surface area contributed by atoms with Crippen molar-refractivity contribution < 1.29 is 4.74 Å². The quantitative estimate of drug-likeness (QED) is 0.688. The fourth-order valence-corrected chi connectivity index (χ4v) is 1.67. The van der Waals surface area contributed by atoms with Crippen LogP contribution in [0.5, 0.6) is 0 Å². The first kappa shape index (κ1) is 13.2. The number of nitrogens with one attached hydrogen (secondary N) is 1. The van der Waals surface area contributed by atoms with E-state index >= 15 is 0 Å². The molecule has 0 spiro atoms. The van der Waals surface area contributed by atoms with E-state index in [-0.39, 0.29) is 0 Å². The Morgan fingerprint density at radius 1 is 1.56 bits per heavy atom. The summed E-state index contributed by atoms with van der Waals surface area (Å²) in [5.41, 5.74) is 1.24. The number of ether oxygens (including phenoxy) is 1. The molecule has 0 aliphatic rings. The highest BCUT2D eigenvalue weighted by Gasteiger charge is 2.04. The van der Waals surface area contributed by atoms with Crippen LogP contribution in [0.15, 0.2) is 12.4 Å². The second-order valence-electron chi connectivity index (χ2n) is 4.14. The van der Waals surface area contributed by atoms with Crippen molar-refractivity contribution in [1.29, 1.82) is 0 Å². The molecule has 4 heteroatoms. The topological polar surface area (TPSA) is 39.1 Å². The Bertz CT molecular complexity index is 286. The molecule has 0 amide bonds. The minimum absolute atomic E-state index is 0.498. The lowest BCUT2D eigenvalue weighted by atomic mass is 10.2. The number of rotatable bonds is 8. The maximum atomic E-state index is 4.97. The van der Waals surface area contributed by atoms with Gasteiger partial charge in [-0.25, -0.2) is 0 Å². The number of aromatic nitrogens is 2. The van der Waals surface area contributed by atoms with E-state index in [2.05, 4.69) is 35.1 Å². The predicted octanol–water partition coefficient (Wildman–Crippen LogP) is 1.98. The molecule has 1 rings (SSSR count). The first-order valence-corrected chi connectivity index (χ1v) is 6.00. The maximum Gasteiger partial charge on any atom is 0.0587 e. The standard InChI is InChI=1S/C12H23N3O/c1-4-5-11(2)15-10-12(9-14-15)8-13-6-7-16-3/h9-11,13H,4-8H2,1-3H3. The second kappa shape index (κ2) is 7.41. The third kappa shape index (κ3) is 4.33. The highest BCUT2D eigenvalue weighted by molar-refractivity contribution is 5.03. The van der Waals surface area contributed by atoms with Gasteiger partial charge in [-0.2, -0.15) is 5.10 Å². The van der Waals surface area contributed by atoms with Gasteiger partial charge in [0.2, 0.25) is 0 Å². The molecular weight excluding hydrogens is 202 g/mol. The zero-order chi connectivity index (χ0) is 11.8. The molecule has 4 nitrogen and oxygen atoms in total. The Labute approximate surface area is 98.0 Å². The van der Waals surface area contributed by atoms with Gasteiger partial charge in [0.25, 0.3) is 0 Å². The van der Waals surface area contributed by atoms with Gasteiger partial charge in [-0.05, 0) is 13.3 Å². The monoisotopic (exact) mass is 225 g/mol. The van der Waals surface area contributed by atoms with Crippen molar-refractivity contribution in [3.05, 3.63) is 18.0 Å². The molecule has 1 atom stereocenters. The maximum absolute atomic E-state index is 4.97. The van der Waals surface area contributed by atoms with E-state index in [4.69, 9.17) is 4.74 Å². The molecule has 0 saturated heterocycles. The van der Waals surface area contributed by atoms with Gasteiger partial charge < -0.3 is 10.1 Å². The molecule has 1 heterocycles. The van der Waals surface area contributed by atoms with Crippen molar-refractivity contribution in [1.82, 2.24) is 15.1 Å². The van der Waals surface area contributed by atoms with Crippen LogP contribution in [-0.2, 0) is 11.3 Å². The molecule has 16 heavy (non-hydrogen) atoms. The van der Waals surface area contributed by atoms with E-state index in [1.54, 1.807) is 7.11 Å². The molecule has 0 radical (unpaired) electrons. The summed E-state index contributed by atoms with van der Waals surface area (Å²) in [7, 11) is 1.71. The van der Waals surface area contributed by atoms with Crippen LogP contribution < -0.4 is 5.32 Å². The third-order valence-corrected chi connectivity index (χ3v) is 2.63. The molecule has 0 aliphatic heterocycles. The summed E-state index contributed by atoms with van der Waals surface area (Å²) in [5, 5.41) is 7.69. The Kier molecular flexibility index (Phi) is 6.11. The molecule has 1 aromatic heterocycles.